The summed E-state index contributed by atoms with van der Waals surface area (Å²) in [4.78, 5) is 18.7. The predicted molar refractivity (Wildman–Crippen MR) is 116 cm³/mol. The van der Waals surface area contributed by atoms with Crippen LogP contribution in [0.2, 0.25) is 0 Å². The van der Waals surface area contributed by atoms with Crippen molar-refractivity contribution in [3.8, 4) is 22.6 Å². The van der Waals surface area contributed by atoms with Crippen LogP contribution in [0.4, 0.5) is 4.79 Å². The van der Waals surface area contributed by atoms with Crippen LogP contribution in [-0.2, 0) is 6.61 Å². The smallest absolute Gasteiger partial charge is 0.343 e. The number of piperidine rings is 1. The highest BCUT2D eigenvalue weighted by Gasteiger charge is 2.30. The number of benzene rings is 2. The third-order valence-corrected chi connectivity index (χ3v) is 5.72. The second-order valence-corrected chi connectivity index (χ2v) is 7.71. The lowest BCUT2D eigenvalue weighted by Crippen LogP contribution is -2.45. The first-order chi connectivity index (χ1) is 15.1. The number of carbonyl (C=O) groups excluding carboxylic acids is 1. The number of aromatic nitrogens is 1. The Kier molecular flexibility index (Phi) is 6.34. The first kappa shape index (κ1) is 21.1. The molecule has 7 heteroatoms. The van der Waals surface area contributed by atoms with Gasteiger partial charge in [-0.3, -0.25) is 5.21 Å². The molecule has 4 rings (SSSR count). The van der Waals surface area contributed by atoms with Crippen molar-refractivity contribution in [3.05, 3.63) is 66.1 Å². The SMILES string of the molecule is CCN(O)C(=O)N1CCC(c2nc(-c3ccccc3)c(-c3ccc(CO)cc3)o2)CC1. The van der Waals surface area contributed by atoms with Crippen LogP contribution in [0.3, 0.4) is 0 Å². The van der Waals surface area contributed by atoms with E-state index in [1.54, 1.807) is 11.8 Å². The Labute approximate surface area is 181 Å². The monoisotopic (exact) mass is 421 g/mol. The van der Waals surface area contributed by atoms with Crippen LogP contribution >= 0.6 is 0 Å². The van der Waals surface area contributed by atoms with E-state index in [0.29, 0.717) is 24.7 Å². The van der Waals surface area contributed by atoms with Crippen molar-refractivity contribution in [2.75, 3.05) is 19.6 Å². The largest absolute Gasteiger partial charge is 0.440 e. The van der Waals surface area contributed by atoms with E-state index in [9.17, 15) is 15.1 Å². The molecule has 0 saturated carbocycles. The summed E-state index contributed by atoms with van der Waals surface area (Å²) in [7, 11) is 0. The molecule has 2 heterocycles. The Hall–Kier alpha value is -3.16. The molecule has 3 aromatic rings. The lowest BCUT2D eigenvalue weighted by atomic mass is 9.97. The van der Waals surface area contributed by atoms with E-state index in [2.05, 4.69) is 0 Å². The number of aliphatic hydroxyl groups excluding tert-OH is 1. The van der Waals surface area contributed by atoms with Gasteiger partial charge in [0, 0.05) is 36.7 Å². The summed E-state index contributed by atoms with van der Waals surface area (Å²) in [5.74, 6) is 1.48. The fourth-order valence-electron chi connectivity index (χ4n) is 3.88. The van der Waals surface area contributed by atoms with Gasteiger partial charge in [0.2, 0.25) is 0 Å². The number of likely N-dealkylation sites (tertiary alicyclic amines) is 1. The van der Waals surface area contributed by atoms with Crippen LogP contribution < -0.4 is 0 Å². The minimum absolute atomic E-state index is 0.00588. The summed E-state index contributed by atoms with van der Waals surface area (Å²) in [6.07, 6.45) is 1.45. The Morgan fingerprint density at radius 3 is 2.39 bits per heavy atom. The Morgan fingerprint density at radius 2 is 1.77 bits per heavy atom. The fourth-order valence-corrected chi connectivity index (χ4v) is 3.88. The zero-order valence-corrected chi connectivity index (χ0v) is 17.6. The summed E-state index contributed by atoms with van der Waals surface area (Å²) in [6.45, 7) is 3.08. The molecule has 7 nitrogen and oxygen atoms in total. The molecule has 0 bridgehead atoms. The van der Waals surface area contributed by atoms with Crippen LogP contribution in [-0.4, -0.2) is 50.9 Å². The minimum Gasteiger partial charge on any atom is -0.440 e. The highest BCUT2D eigenvalue weighted by molar-refractivity contribution is 5.77. The number of oxazole rings is 1. The van der Waals surface area contributed by atoms with Gasteiger partial charge in [0.25, 0.3) is 0 Å². The number of aliphatic hydroxyl groups is 1. The van der Waals surface area contributed by atoms with E-state index >= 15 is 0 Å². The number of amides is 2. The number of hydroxylamine groups is 2. The molecule has 1 saturated heterocycles. The second kappa shape index (κ2) is 9.32. The van der Waals surface area contributed by atoms with Crippen LogP contribution in [0.1, 0.15) is 37.1 Å². The average Bonchev–Trinajstić information content (AvgIpc) is 3.29. The van der Waals surface area contributed by atoms with Crippen LogP contribution in [0.15, 0.2) is 59.0 Å². The Balaban J connectivity index is 1.61. The van der Waals surface area contributed by atoms with Gasteiger partial charge >= 0.3 is 6.03 Å². The van der Waals surface area contributed by atoms with Gasteiger partial charge in [-0.25, -0.2) is 14.8 Å². The summed E-state index contributed by atoms with van der Waals surface area (Å²) in [5.41, 5.74) is 3.51. The minimum atomic E-state index is -0.358. The standard InChI is InChI=1S/C24H27N3O4/c1-2-27(30)24(29)26-14-12-20(13-15-26)23-25-21(18-6-4-3-5-7-18)22(31-23)19-10-8-17(16-28)9-11-19/h3-11,20,28,30H,2,12-16H2,1H3. The number of carbonyl (C=O) groups is 1. The van der Waals surface area contributed by atoms with Gasteiger partial charge in [-0.05, 0) is 25.3 Å². The highest BCUT2D eigenvalue weighted by atomic mass is 16.5. The molecule has 0 unspecified atom stereocenters. The zero-order chi connectivity index (χ0) is 21.8. The molecule has 1 fully saturated rings. The molecule has 2 N–H and O–H groups in total. The molecule has 2 amide bonds. The number of rotatable bonds is 5. The quantitative estimate of drug-likeness (QED) is 0.467. The van der Waals surface area contributed by atoms with Crippen LogP contribution in [0.5, 0.6) is 0 Å². The summed E-state index contributed by atoms with van der Waals surface area (Å²) in [5, 5.41) is 19.8. The molecular formula is C24H27N3O4. The van der Waals surface area contributed by atoms with Gasteiger partial charge in [-0.2, -0.15) is 0 Å². The molecule has 0 atom stereocenters. The van der Waals surface area contributed by atoms with Gasteiger partial charge in [0.1, 0.15) is 5.69 Å². The topological polar surface area (TPSA) is 90.0 Å². The Bertz CT molecular complexity index is 1010. The lowest BCUT2D eigenvalue weighted by molar-refractivity contribution is -0.0543. The van der Waals surface area contributed by atoms with Gasteiger partial charge in [-0.1, -0.05) is 54.6 Å². The molecule has 1 aliphatic heterocycles. The van der Waals surface area contributed by atoms with Crippen molar-refractivity contribution in [2.24, 2.45) is 0 Å². The molecule has 31 heavy (non-hydrogen) atoms. The number of hydrogen-bond acceptors (Lipinski definition) is 5. The lowest BCUT2D eigenvalue weighted by Gasteiger charge is -2.32. The van der Waals surface area contributed by atoms with Crippen molar-refractivity contribution in [2.45, 2.75) is 32.3 Å². The highest BCUT2D eigenvalue weighted by Crippen LogP contribution is 2.37. The average molecular weight is 421 g/mol. The first-order valence-corrected chi connectivity index (χ1v) is 10.6. The molecule has 0 aliphatic carbocycles. The third kappa shape index (κ3) is 4.47. The second-order valence-electron chi connectivity index (χ2n) is 7.71. The van der Waals surface area contributed by atoms with Crippen LogP contribution in [0.25, 0.3) is 22.6 Å². The van der Waals surface area contributed by atoms with E-state index in [0.717, 1.165) is 40.3 Å². The predicted octanol–water partition coefficient (Wildman–Crippen LogP) is 4.51. The van der Waals surface area contributed by atoms with E-state index < -0.39 is 0 Å². The maximum atomic E-state index is 12.2. The van der Waals surface area contributed by atoms with Crippen molar-refractivity contribution in [1.29, 1.82) is 0 Å². The third-order valence-electron chi connectivity index (χ3n) is 5.72. The molecule has 162 valence electrons. The summed E-state index contributed by atoms with van der Waals surface area (Å²) >= 11 is 0. The molecule has 1 aromatic heterocycles. The van der Waals surface area contributed by atoms with Crippen molar-refractivity contribution in [1.82, 2.24) is 14.9 Å². The van der Waals surface area contributed by atoms with E-state index in [1.807, 2.05) is 54.6 Å². The molecular weight excluding hydrogens is 394 g/mol. The number of nitrogens with zero attached hydrogens (tertiary/aromatic N) is 3. The zero-order valence-electron chi connectivity index (χ0n) is 17.6. The van der Waals surface area contributed by atoms with Gasteiger partial charge in [0.05, 0.1) is 6.61 Å². The molecule has 0 spiro atoms. The van der Waals surface area contributed by atoms with Gasteiger partial charge < -0.3 is 14.4 Å². The maximum absolute atomic E-state index is 12.2. The maximum Gasteiger partial charge on any atom is 0.343 e. The van der Waals surface area contributed by atoms with Gasteiger partial charge in [0.15, 0.2) is 11.7 Å². The number of hydrogen-bond donors (Lipinski definition) is 2. The fraction of sp³-hybridized carbons (Fsp3) is 0.333. The molecule has 1 aliphatic rings. The molecule has 2 aromatic carbocycles. The number of urea groups is 1. The molecule has 0 radical (unpaired) electrons. The first-order valence-electron chi connectivity index (χ1n) is 10.6. The van der Waals surface area contributed by atoms with E-state index in [4.69, 9.17) is 9.40 Å². The van der Waals surface area contributed by atoms with Gasteiger partial charge in [-0.15, -0.1) is 0 Å². The Morgan fingerprint density at radius 1 is 1.10 bits per heavy atom. The van der Waals surface area contributed by atoms with Crippen molar-refractivity contribution < 1.29 is 19.5 Å². The van der Waals surface area contributed by atoms with Crippen molar-refractivity contribution in [3.63, 3.8) is 0 Å². The summed E-state index contributed by atoms with van der Waals surface area (Å²) in [6, 6.07) is 17.2. The summed E-state index contributed by atoms with van der Waals surface area (Å²) < 4.78 is 6.30. The van der Waals surface area contributed by atoms with E-state index in [1.165, 1.54) is 0 Å². The van der Waals surface area contributed by atoms with Crippen LogP contribution in [0, 0.1) is 0 Å². The normalized spacial score (nSPS) is 14.6. The van der Waals surface area contributed by atoms with E-state index in [-0.39, 0.29) is 25.1 Å². The van der Waals surface area contributed by atoms with Crippen molar-refractivity contribution >= 4 is 6.03 Å².